The third-order valence-electron chi connectivity index (χ3n) is 5.06. The largest absolute Gasteiger partial charge is 0.497 e. The SMILES string of the molecule is CCC1CCc2nc(N)c(C#N)c(-c3cc(OC)ccc3OC)c2C1. The van der Waals surface area contributed by atoms with Crippen molar-refractivity contribution in [1.29, 1.82) is 5.26 Å². The molecular weight excluding hydrogens is 314 g/mol. The maximum Gasteiger partial charge on any atom is 0.142 e. The molecular formula is C20H23N3O2. The molecule has 5 heteroatoms. The molecule has 1 aromatic carbocycles. The Morgan fingerprint density at radius 1 is 1.32 bits per heavy atom. The number of nitrogens with zero attached hydrogens (tertiary/aromatic N) is 2. The van der Waals surface area contributed by atoms with Gasteiger partial charge in [0.2, 0.25) is 0 Å². The number of nitriles is 1. The number of anilines is 1. The Balaban J connectivity index is 2.32. The second kappa shape index (κ2) is 7.02. The van der Waals surface area contributed by atoms with Crippen molar-refractivity contribution in [2.45, 2.75) is 32.6 Å². The van der Waals surface area contributed by atoms with E-state index in [-0.39, 0.29) is 5.82 Å². The number of fused-ring (bicyclic) bond motifs is 1. The van der Waals surface area contributed by atoms with Gasteiger partial charge in [-0.05, 0) is 48.9 Å². The Morgan fingerprint density at radius 3 is 2.76 bits per heavy atom. The molecule has 3 rings (SSSR count). The van der Waals surface area contributed by atoms with Crippen molar-refractivity contribution in [3.8, 4) is 28.7 Å². The highest BCUT2D eigenvalue weighted by Gasteiger charge is 2.27. The molecule has 1 unspecified atom stereocenters. The average molecular weight is 337 g/mol. The zero-order valence-corrected chi connectivity index (χ0v) is 14.9. The number of rotatable bonds is 4. The number of ether oxygens (including phenoxy) is 2. The third-order valence-corrected chi connectivity index (χ3v) is 5.06. The number of nitrogen functional groups attached to an aromatic ring is 1. The first-order chi connectivity index (χ1) is 12.1. The van der Waals surface area contributed by atoms with Crippen molar-refractivity contribution in [1.82, 2.24) is 4.98 Å². The summed E-state index contributed by atoms with van der Waals surface area (Å²) in [4.78, 5) is 4.52. The molecule has 1 aliphatic rings. The van der Waals surface area contributed by atoms with Gasteiger partial charge in [0.15, 0.2) is 0 Å². The quantitative estimate of drug-likeness (QED) is 0.919. The van der Waals surface area contributed by atoms with E-state index in [1.807, 2.05) is 18.2 Å². The number of hydrogen-bond acceptors (Lipinski definition) is 5. The molecule has 0 bridgehead atoms. The van der Waals surface area contributed by atoms with Gasteiger partial charge in [0.1, 0.15) is 28.9 Å². The van der Waals surface area contributed by atoms with Gasteiger partial charge in [0.05, 0.1) is 14.2 Å². The predicted molar refractivity (Wildman–Crippen MR) is 97.7 cm³/mol. The molecule has 1 atom stereocenters. The highest BCUT2D eigenvalue weighted by molar-refractivity contribution is 5.83. The molecule has 0 saturated heterocycles. The molecule has 5 nitrogen and oxygen atoms in total. The number of benzene rings is 1. The van der Waals surface area contributed by atoms with Crippen molar-refractivity contribution in [3.63, 3.8) is 0 Å². The number of methoxy groups -OCH3 is 2. The van der Waals surface area contributed by atoms with Gasteiger partial charge >= 0.3 is 0 Å². The Kier molecular flexibility index (Phi) is 4.80. The molecule has 1 aromatic heterocycles. The molecule has 0 spiro atoms. The minimum Gasteiger partial charge on any atom is -0.497 e. The van der Waals surface area contributed by atoms with Gasteiger partial charge in [-0.1, -0.05) is 13.3 Å². The average Bonchev–Trinajstić information content (AvgIpc) is 2.65. The zero-order valence-electron chi connectivity index (χ0n) is 14.9. The Bertz CT molecular complexity index is 840. The van der Waals surface area contributed by atoms with E-state index in [2.05, 4.69) is 18.0 Å². The fourth-order valence-corrected chi connectivity index (χ4v) is 3.62. The van der Waals surface area contributed by atoms with Gasteiger partial charge in [-0.15, -0.1) is 0 Å². The Morgan fingerprint density at radius 2 is 2.12 bits per heavy atom. The fourth-order valence-electron chi connectivity index (χ4n) is 3.62. The molecule has 0 radical (unpaired) electrons. The second-order valence-electron chi connectivity index (χ2n) is 6.37. The van der Waals surface area contributed by atoms with E-state index in [0.717, 1.165) is 48.1 Å². The molecule has 0 aliphatic heterocycles. The van der Waals surface area contributed by atoms with E-state index in [9.17, 15) is 5.26 Å². The van der Waals surface area contributed by atoms with Crippen LogP contribution < -0.4 is 15.2 Å². The first kappa shape index (κ1) is 17.1. The van der Waals surface area contributed by atoms with Crippen LogP contribution in [0.2, 0.25) is 0 Å². The van der Waals surface area contributed by atoms with E-state index in [1.165, 1.54) is 0 Å². The van der Waals surface area contributed by atoms with Gasteiger partial charge < -0.3 is 15.2 Å². The summed E-state index contributed by atoms with van der Waals surface area (Å²) in [5.41, 5.74) is 10.3. The van der Waals surface area contributed by atoms with Crippen LogP contribution in [0, 0.1) is 17.2 Å². The summed E-state index contributed by atoms with van der Waals surface area (Å²) < 4.78 is 10.9. The van der Waals surface area contributed by atoms with Crippen molar-refractivity contribution in [3.05, 3.63) is 35.0 Å². The summed E-state index contributed by atoms with van der Waals surface area (Å²) in [6.07, 6.45) is 4.02. The molecule has 1 heterocycles. The molecule has 0 amide bonds. The van der Waals surface area contributed by atoms with Gasteiger partial charge in [-0.2, -0.15) is 5.26 Å². The first-order valence-corrected chi connectivity index (χ1v) is 8.56. The van der Waals surface area contributed by atoms with E-state index in [0.29, 0.717) is 23.0 Å². The number of pyridine rings is 1. The third kappa shape index (κ3) is 3.00. The van der Waals surface area contributed by atoms with Crippen LogP contribution in [0.3, 0.4) is 0 Å². The molecule has 0 saturated carbocycles. The molecule has 0 fully saturated rings. The summed E-state index contributed by atoms with van der Waals surface area (Å²) in [7, 11) is 3.25. The van der Waals surface area contributed by atoms with Gasteiger partial charge in [0.25, 0.3) is 0 Å². The van der Waals surface area contributed by atoms with Gasteiger partial charge in [-0.25, -0.2) is 4.98 Å². The minimum atomic E-state index is 0.288. The highest BCUT2D eigenvalue weighted by Crippen LogP contribution is 2.42. The highest BCUT2D eigenvalue weighted by atomic mass is 16.5. The van der Waals surface area contributed by atoms with Crippen LogP contribution in [-0.4, -0.2) is 19.2 Å². The van der Waals surface area contributed by atoms with Crippen molar-refractivity contribution < 1.29 is 9.47 Å². The lowest BCUT2D eigenvalue weighted by Gasteiger charge is -2.27. The summed E-state index contributed by atoms with van der Waals surface area (Å²) in [5, 5.41) is 9.73. The van der Waals surface area contributed by atoms with Crippen LogP contribution in [0.4, 0.5) is 5.82 Å². The van der Waals surface area contributed by atoms with E-state index in [1.54, 1.807) is 14.2 Å². The lowest BCUT2D eigenvalue weighted by Crippen LogP contribution is -2.18. The van der Waals surface area contributed by atoms with Crippen molar-refractivity contribution in [2.75, 3.05) is 20.0 Å². The first-order valence-electron chi connectivity index (χ1n) is 8.56. The van der Waals surface area contributed by atoms with Gasteiger partial charge in [-0.3, -0.25) is 0 Å². The molecule has 1 aliphatic carbocycles. The predicted octanol–water partition coefficient (Wildman–Crippen LogP) is 3.73. The van der Waals surface area contributed by atoms with Crippen LogP contribution in [0.25, 0.3) is 11.1 Å². The molecule has 130 valence electrons. The van der Waals surface area contributed by atoms with Crippen LogP contribution in [-0.2, 0) is 12.8 Å². The molecule has 2 aromatic rings. The van der Waals surface area contributed by atoms with E-state index < -0.39 is 0 Å². The Labute approximate surface area is 148 Å². The number of aromatic nitrogens is 1. The summed E-state index contributed by atoms with van der Waals surface area (Å²) in [6, 6.07) is 7.86. The standard InChI is InChI=1S/C20H23N3O2/c1-4-12-5-7-17-14(9-12)19(16(11-21)20(22)23-17)15-10-13(24-2)6-8-18(15)25-3/h6,8,10,12H,4-5,7,9H2,1-3H3,(H2,22,23). The zero-order chi connectivity index (χ0) is 18.0. The van der Waals surface area contributed by atoms with Crippen LogP contribution in [0.1, 0.15) is 36.6 Å². The molecule has 25 heavy (non-hydrogen) atoms. The van der Waals surface area contributed by atoms with Crippen LogP contribution in [0.5, 0.6) is 11.5 Å². The number of aryl methyl sites for hydroxylation is 1. The van der Waals surface area contributed by atoms with Crippen LogP contribution >= 0.6 is 0 Å². The lowest BCUT2D eigenvalue weighted by molar-refractivity contribution is 0.404. The summed E-state index contributed by atoms with van der Waals surface area (Å²) in [6.45, 7) is 2.21. The van der Waals surface area contributed by atoms with Crippen molar-refractivity contribution in [2.24, 2.45) is 5.92 Å². The maximum atomic E-state index is 9.73. The van der Waals surface area contributed by atoms with Gasteiger partial charge in [0, 0.05) is 16.8 Å². The minimum absolute atomic E-state index is 0.288. The topological polar surface area (TPSA) is 81.2 Å². The maximum absolute atomic E-state index is 9.73. The summed E-state index contributed by atoms with van der Waals surface area (Å²) in [5.74, 6) is 2.30. The smallest absolute Gasteiger partial charge is 0.142 e. The Hall–Kier alpha value is -2.74. The van der Waals surface area contributed by atoms with Crippen LogP contribution in [0.15, 0.2) is 18.2 Å². The second-order valence-corrected chi connectivity index (χ2v) is 6.37. The molecule has 2 N–H and O–H groups in total. The lowest BCUT2D eigenvalue weighted by atomic mass is 9.80. The van der Waals surface area contributed by atoms with E-state index >= 15 is 0 Å². The number of nitrogens with two attached hydrogens (primary N) is 1. The summed E-state index contributed by atoms with van der Waals surface area (Å²) >= 11 is 0. The van der Waals surface area contributed by atoms with E-state index in [4.69, 9.17) is 15.2 Å². The normalized spacial score (nSPS) is 16.0. The number of hydrogen-bond donors (Lipinski definition) is 1. The van der Waals surface area contributed by atoms with Crippen molar-refractivity contribution >= 4 is 5.82 Å². The monoisotopic (exact) mass is 337 g/mol. The fraction of sp³-hybridized carbons (Fsp3) is 0.400.